The zero-order valence-corrected chi connectivity index (χ0v) is 17.0. The van der Waals surface area contributed by atoms with Gasteiger partial charge in [0.05, 0.1) is 6.04 Å². The molecule has 0 saturated heterocycles. The fourth-order valence-electron chi connectivity index (χ4n) is 4.18. The molecule has 3 heterocycles. The first-order valence-corrected chi connectivity index (χ1v) is 10.1. The third-order valence-corrected chi connectivity index (χ3v) is 6.00. The minimum atomic E-state index is -0.121. The quantitative estimate of drug-likeness (QED) is 0.486. The highest BCUT2D eigenvalue weighted by Crippen LogP contribution is 2.40. The molecule has 0 unspecified atom stereocenters. The van der Waals surface area contributed by atoms with Gasteiger partial charge in [0.1, 0.15) is 0 Å². The van der Waals surface area contributed by atoms with E-state index in [-0.39, 0.29) is 11.9 Å². The SMILES string of the molecule is Cc1[nH]nc2c1[C@@H](c1cccc(Br)c1)N(CCc1c[nH]c3ccccc13)C2=O. The molecule has 28 heavy (non-hydrogen) atoms. The molecule has 1 atom stereocenters. The number of carbonyl (C=O) groups excluding carboxylic acids is 1. The summed E-state index contributed by atoms with van der Waals surface area (Å²) >= 11 is 3.56. The Hall–Kier alpha value is -2.86. The van der Waals surface area contributed by atoms with Crippen LogP contribution in [0.4, 0.5) is 0 Å². The molecule has 1 aliphatic rings. The van der Waals surface area contributed by atoms with Gasteiger partial charge in [-0.3, -0.25) is 9.89 Å². The number of rotatable bonds is 4. The van der Waals surface area contributed by atoms with Crippen molar-refractivity contribution in [2.75, 3.05) is 6.54 Å². The molecule has 5 rings (SSSR count). The van der Waals surface area contributed by atoms with Crippen LogP contribution < -0.4 is 0 Å². The van der Waals surface area contributed by atoms with Gasteiger partial charge in [-0.1, -0.05) is 46.3 Å². The number of aryl methyl sites for hydroxylation is 1. The molecule has 0 spiro atoms. The van der Waals surface area contributed by atoms with Crippen LogP contribution in [0, 0.1) is 6.92 Å². The predicted octanol–water partition coefficient (Wildman–Crippen LogP) is 4.75. The highest BCUT2D eigenvalue weighted by Gasteiger charge is 2.41. The Morgan fingerprint density at radius 3 is 2.89 bits per heavy atom. The number of nitrogens with one attached hydrogen (secondary N) is 2. The molecule has 2 N–H and O–H groups in total. The largest absolute Gasteiger partial charge is 0.361 e. The Morgan fingerprint density at radius 1 is 1.18 bits per heavy atom. The van der Waals surface area contributed by atoms with Crippen LogP contribution in [0.2, 0.25) is 0 Å². The van der Waals surface area contributed by atoms with Gasteiger partial charge in [0.25, 0.3) is 5.91 Å². The van der Waals surface area contributed by atoms with Crippen LogP contribution in [0.1, 0.15) is 38.9 Å². The van der Waals surface area contributed by atoms with Gasteiger partial charge in [-0.25, -0.2) is 0 Å². The van der Waals surface area contributed by atoms with E-state index in [2.05, 4.69) is 55.4 Å². The van der Waals surface area contributed by atoms with Crippen molar-refractivity contribution >= 4 is 32.7 Å². The lowest BCUT2D eigenvalue weighted by molar-refractivity contribution is 0.0745. The molecule has 2 aromatic carbocycles. The number of para-hydroxylation sites is 1. The van der Waals surface area contributed by atoms with Crippen molar-refractivity contribution in [3.05, 3.63) is 87.3 Å². The van der Waals surface area contributed by atoms with Crippen LogP contribution in [0.15, 0.2) is 59.2 Å². The smallest absolute Gasteiger partial charge is 0.275 e. The minimum Gasteiger partial charge on any atom is -0.361 e. The first-order chi connectivity index (χ1) is 13.6. The maximum atomic E-state index is 13.1. The number of carbonyl (C=O) groups is 1. The highest BCUT2D eigenvalue weighted by molar-refractivity contribution is 9.10. The van der Waals surface area contributed by atoms with Gasteiger partial charge in [0.15, 0.2) is 5.69 Å². The third kappa shape index (κ3) is 2.67. The summed E-state index contributed by atoms with van der Waals surface area (Å²) in [5.41, 5.74) is 5.91. The fourth-order valence-corrected chi connectivity index (χ4v) is 4.59. The van der Waals surface area contributed by atoms with E-state index < -0.39 is 0 Å². The first kappa shape index (κ1) is 17.3. The van der Waals surface area contributed by atoms with Crippen LogP contribution in [0.3, 0.4) is 0 Å². The second-order valence-corrected chi connectivity index (χ2v) is 8.09. The Labute approximate surface area is 170 Å². The number of hydrogen-bond donors (Lipinski definition) is 2. The first-order valence-electron chi connectivity index (χ1n) is 9.30. The number of aromatic amines is 2. The summed E-state index contributed by atoms with van der Waals surface area (Å²) in [6, 6.07) is 16.3. The number of amides is 1. The summed E-state index contributed by atoms with van der Waals surface area (Å²) in [6.07, 6.45) is 2.83. The highest BCUT2D eigenvalue weighted by atomic mass is 79.9. The number of halogens is 1. The number of aromatic nitrogens is 3. The topological polar surface area (TPSA) is 64.8 Å². The molecule has 4 aromatic rings. The van der Waals surface area contributed by atoms with Gasteiger partial charge in [0, 0.05) is 39.4 Å². The normalized spacial score (nSPS) is 16.1. The number of benzene rings is 2. The van der Waals surface area contributed by atoms with Crippen molar-refractivity contribution < 1.29 is 4.79 Å². The summed E-state index contributed by atoms with van der Waals surface area (Å²) in [6.45, 7) is 2.61. The molecule has 0 aliphatic carbocycles. The predicted molar refractivity (Wildman–Crippen MR) is 112 cm³/mol. The summed E-state index contributed by atoms with van der Waals surface area (Å²) in [5.74, 6) is -0.0100. The van der Waals surface area contributed by atoms with E-state index >= 15 is 0 Å². The van der Waals surface area contributed by atoms with Gasteiger partial charge in [-0.15, -0.1) is 0 Å². The molecule has 0 radical (unpaired) electrons. The van der Waals surface area contributed by atoms with E-state index in [9.17, 15) is 4.79 Å². The Kier molecular flexibility index (Phi) is 4.09. The standard InChI is InChI=1S/C22H19BrN4O/c1-13-19-20(26-25-13)22(28)27(21(19)14-5-4-6-16(23)11-14)10-9-15-12-24-18-8-3-2-7-17(15)18/h2-8,11-12,21,24H,9-10H2,1H3,(H,25,26)/t21-/m1/s1. The average molecular weight is 435 g/mol. The number of hydrogen-bond acceptors (Lipinski definition) is 2. The van der Waals surface area contributed by atoms with Gasteiger partial charge in [-0.05, 0) is 42.7 Å². The summed E-state index contributed by atoms with van der Waals surface area (Å²) < 4.78 is 1.00. The van der Waals surface area contributed by atoms with Crippen LogP contribution in [0.25, 0.3) is 10.9 Å². The van der Waals surface area contributed by atoms with E-state index in [0.29, 0.717) is 12.2 Å². The lowest BCUT2D eigenvalue weighted by Crippen LogP contribution is -2.31. The van der Waals surface area contributed by atoms with Crippen molar-refractivity contribution in [2.24, 2.45) is 0 Å². The monoisotopic (exact) mass is 434 g/mol. The maximum absolute atomic E-state index is 13.1. The van der Waals surface area contributed by atoms with Gasteiger partial charge in [-0.2, -0.15) is 5.10 Å². The molecule has 0 fully saturated rings. The molecule has 0 saturated carbocycles. The van der Waals surface area contributed by atoms with Crippen molar-refractivity contribution in [1.82, 2.24) is 20.1 Å². The van der Waals surface area contributed by atoms with Crippen LogP contribution in [-0.2, 0) is 6.42 Å². The number of fused-ring (bicyclic) bond motifs is 2. The van der Waals surface area contributed by atoms with E-state index in [1.165, 1.54) is 10.9 Å². The Bertz CT molecular complexity index is 1190. The summed E-state index contributed by atoms with van der Waals surface area (Å²) in [4.78, 5) is 18.4. The molecule has 1 amide bonds. The zero-order chi connectivity index (χ0) is 19.3. The molecule has 6 heteroatoms. The minimum absolute atomic E-state index is 0.0100. The van der Waals surface area contributed by atoms with Crippen molar-refractivity contribution in [2.45, 2.75) is 19.4 Å². The van der Waals surface area contributed by atoms with Crippen LogP contribution in [-0.4, -0.2) is 32.5 Å². The van der Waals surface area contributed by atoms with Crippen LogP contribution >= 0.6 is 15.9 Å². The average Bonchev–Trinajstić information content (AvgIpc) is 3.35. The van der Waals surface area contributed by atoms with Gasteiger partial charge >= 0.3 is 0 Å². The Morgan fingerprint density at radius 2 is 2.04 bits per heavy atom. The second kappa shape index (κ2) is 6.63. The molecule has 2 aromatic heterocycles. The van der Waals surface area contributed by atoms with E-state index in [0.717, 1.165) is 33.2 Å². The zero-order valence-electron chi connectivity index (χ0n) is 15.4. The molecule has 140 valence electrons. The lowest BCUT2D eigenvalue weighted by Gasteiger charge is -2.26. The maximum Gasteiger partial charge on any atom is 0.275 e. The summed E-state index contributed by atoms with van der Waals surface area (Å²) in [7, 11) is 0. The van der Waals surface area contributed by atoms with Crippen molar-refractivity contribution in [3.8, 4) is 0 Å². The van der Waals surface area contributed by atoms with E-state index in [1.54, 1.807) is 0 Å². The van der Waals surface area contributed by atoms with E-state index in [1.807, 2.05) is 42.3 Å². The lowest BCUT2D eigenvalue weighted by atomic mass is 9.99. The van der Waals surface area contributed by atoms with Crippen molar-refractivity contribution in [3.63, 3.8) is 0 Å². The van der Waals surface area contributed by atoms with Crippen molar-refractivity contribution in [1.29, 1.82) is 0 Å². The van der Waals surface area contributed by atoms with Gasteiger partial charge in [0.2, 0.25) is 0 Å². The fraction of sp³-hybridized carbons (Fsp3) is 0.182. The number of H-pyrrole nitrogens is 2. The molecule has 0 bridgehead atoms. The van der Waals surface area contributed by atoms with E-state index in [4.69, 9.17) is 0 Å². The third-order valence-electron chi connectivity index (χ3n) is 5.50. The Balaban J connectivity index is 1.51. The molecule has 5 nitrogen and oxygen atoms in total. The molecular weight excluding hydrogens is 416 g/mol. The summed E-state index contributed by atoms with van der Waals surface area (Å²) in [5, 5.41) is 8.48. The van der Waals surface area contributed by atoms with Gasteiger partial charge < -0.3 is 9.88 Å². The molecule has 1 aliphatic heterocycles. The van der Waals surface area contributed by atoms with Crippen LogP contribution in [0.5, 0.6) is 0 Å². The molecular formula is C22H19BrN4O. The second-order valence-electron chi connectivity index (χ2n) is 7.18. The number of nitrogens with zero attached hydrogens (tertiary/aromatic N) is 2.